The summed E-state index contributed by atoms with van der Waals surface area (Å²) in [6.45, 7) is 2.88. The van der Waals surface area contributed by atoms with Gasteiger partial charge in [0.1, 0.15) is 0 Å². The van der Waals surface area contributed by atoms with Crippen molar-refractivity contribution in [2.24, 2.45) is 0 Å². The largest absolute Gasteiger partial charge is 0.395 e. The molecule has 1 fully saturated rings. The molecule has 1 saturated heterocycles. The van der Waals surface area contributed by atoms with Gasteiger partial charge in [-0.1, -0.05) is 11.8 Å². The van der Waals surface area contributed by atoms with Crippen LogP contribution < -0.4 is 0 Å². The number of amides is 1. The minimum Gasteiger partial charge on any atom is -0.395 e. The third kappa shape index (κ3) is 4.03. The average molecular weight is 288 g/mol. The third-order valence-corrected chi connectivity index (χ3v) is 3.64. The van der Waals surface area contributed by atoms with Gasteiger partial charge in [0.2, 0.25) is 0 Å². The highest BCUT2D eigenvalue weighted by molar-refractivity contribution is 5.96. The summed E-state index contributed by atoms with van der Waals surface area (Å²) in [5, 5.41) is 18.7. The van der Waals surface area contributed by atoms with Crippen LogP contribution in [0.1, 0.15) is 42.1 Å². The van der Waals surface area contributed by atoms with Gasteiger partial charge < -0.3 is 15.1 Å². The number of rotatable bonds is 2. The second-order valence-electron chi connectivity index (χ2n) is 5.49. The van der Waals surface area contributed by atoms with Crippen molar-refractivity contribution in [2.75, 3.05) is 19.7 Å². The standard InChI is InChI=1S/C16H20N2O3/c1-16(21)6-9-18(10-7-16)15(20)14-5-8-17-12-13(14)4-2-3-11-19/h5,8,12,19,21H,3,6-7,9-11H2,1H3. The number of piperidine rings is 1. The van der Waals surface area contributed by atoms with E-state index in [0.717, 1.165) is 0 Å². The van der Waals surface area contributed by atoms with Crippen molar-refractivity contribution >= 4 is 5.91 Å². The van der Waals surface area contributed by atoms with E-state index in [1.807, 2.05) is 0 Å². The molecule has 0 bridgehead atoms. The summed E-state index contributed by atoms with van der Waals surface area (Å²) < 4.78 is 0. The van der Waals surface area contributed by atoms with Gasteiger partial charge in [0, 0.05) is 31.9 Å². The topological polar surface area (TPSA) is 73.7 Å². The monoisotopic (exact) mass is 288 g/mol. The van der Waals surface area contributed by atoms with Crippen molar-refractivity contribution in [3.63, 3.8) is 0 Å². The molecule has 2 heterocycles. The van der Waals surface area contributed by atoms with Crippen LogP contribution in [0.3, 0.4) is 0 Å². The summed E-state index contributed by atoms with van der Waals surface area (Å²) in [5.41, 5.74) is 0.420. The average Bonchev–Trinajstić information content (AvgIpc) is 2.47. The lowest BCUT2D eigenvalue weighted by Crippen LogP contribution is -2.45. The van der Waals surface area contributed by atoms with Crippen molar-refractivity contribution < 1.29 is 15.0 Å². The predicted molar refractivity (Wildman–Crippen MR) is 78.6 cm³/mol. The molecule has 5 heteroatoms. The SMILES string of the molecule is CC1(O)CCN(C(=O)c2ccncc2C#CCCO)CC1. The van der Waals surface area contributed by atoms with Crippen molar-refractivity contribution in [2.45, 2.75) is 31.8 Å². The molecule has 0 saturated carbocycles. The van der Waals surface area contributed by atoms with Crippen LogP contribution >= 0.6 is 0 Å². The molecule has 1 aliphatic heterocycles. The van der Waals surface area contributed by atoms with E-state index in [2.05, 4.69) is 16.8 Å². The van der Waals surface area contributed by atoms with Crippen molar-refractivity contribution in [3.05, 3.63) is 29.6 Å². The molecule has 0 spiro atoms. The summed E-state index contributed by atoms with van der Waals surface area (Å²) in [5.74, 6) is 5.61. The van der Waals surface area contributed by atoms with Gasteiger partial charge in [0.05, 0.1) is 23.3 Å². The van der Waals surface area contributed by atoms with E-state index in [1.54, 1.807) is 30.3 Å². The molecule has 0 aromatic carbocycles. The summed E-state index contributed by atoms with van der Waals surface area (Å²) in [4.78, 5) is 18.3. The maximum atomic E-state index is 12.6. The van der Waals surface area contributed by atoms with E-state index >= 15 is 0 Å². The van der Waals surface area contributed by atoms with Crippen LogP contribution in [0.4, 0.5) is 0 Å². The van der Waals surface area contributed by atoms with Gasteiger partial charge in [0.15, 0.2) is 0 Å². The molecule has 0 aliphatic carbocycles. The quantitative estimate of drug-likeness (QED) is 0.790. The van der Waals surface area contributed by atoms with Crippen LogP contribution in [0.2, 0.25) is 0 Å². The lowest BCUT2D eigenvalue weighted by Gasteiger charge is -2.35. The number of aliphatic hydroxyl groups is 2. The van der Waals surface area contributed by atoms with E-state index in [4.69, 9.17) is 5.11 Å². The first-order valence-corrected chi connectivity index (χ1v) is 7.09. The molecule has 0 atom stereocenters. The Kier molecular flexibility index (Phi) is 4.94. The highest BCUT2D eigenvalue weighted by Gasteiger charge is 2.30. The Hall–Kier alpha value is -1.90. The fourth-order valence-electron chi connectivity index (χ4n) is 2.26. The number of hydrogen-bond donors (Lipinski definition) is 2. The Bertz CT molecular complexity index is 562. The summed E-state index contributed by atoms with van der Waals surface area (Å²) in [6.07, 6.45) is 4.67. The van der Waals surface area contributed by atoms with Crippen molar-refractivity contribution in [3.8, 4) is 11.8 Å². The van der Waals surface area contributed by atoms with Gasteiger partial charge >= 0.3 is 0 Å². The number of pyridine rings is 1. The van der Waals surface area contributed by atoms with E-state index in [9.17, 15) is 9.90 Å². The smallest absolute Gasteiger partial charge is 0.255 e. The van der Waals surface area contributed by atoms with Crippen LogP contribution in [0.5, 0.6) is 0 Å². The zero-order valence-corrected chi connectivity index (χ0v) is 12.2. The molecular weight excluding hydrogens is 268 g/mol. The zero-order chi connectivity index (χ0) is 15.3. The lowest BCUT2D eigenvalue weighted by atomic mass is 9.93. The number of aromatic nitrogens is 1. The van der Waals surface area contributed by atoms with E-state index in [-0.39, 0.29) is 12.5 Å². The molecule has 1 aliphatic rings. The Morgan fingerprint density at radius 1 is 1.48 bits per heavy atom. The molecule has 2 rings (SSSR count). The minimum atomic E-state index is -0.682. The van der Waals surface area contributed by atoms with Gasteiger partial charge in [-0.3, -0.25) is 9.78 Å². The molecule has 1 aromatic rings. The zero-order valence-electron chi connectivity index (χ0n) is 12.2. The van der Waals surface area contributed by atoms with Crippen LogP contribution in [-0.4, -0.2) is 51.3 Å². The van der Waals surface area contributed by atoms with Crippen LogP contribution in [0.15, 0.2) is 18.5 Å². The Labute approximate surface area is 124 Å². The third-order valence-electron chi connectivity index (χ3n) is 3.64. The normalized spacial score (nSPS) is 17.0. The highest BCUT2D eigenvalue weighted by Crippen LogP contribution is 2.22. The maximum Gasteiger partial charge on any atom is 0.255 e. The molecule has 112 valence electrons. The lowest BCUT2D eigenvalue weighted by molar-refractivity contribution is -0.00203. The first-order valence-electron chi connectivity index (χ1n) is 7.09. The number of hydrogen-bond acceptors (Lipinski definition) is 4. The molecule has 0 unspecified atom stereocenters. The number of likely N-dealkylation sites (tertiary alicyclic amines) is 1. The molecule has 1 aromatic heterocycles. The van der Waals surface area contributed by atoms with Gasteiger partial charge in [-0.25, -0.2) is 0 Å². The van der Waals surface area contributed by atoms with Crippen LogP contribution in [0, 0.1) is 11.8 Å². The predicted octanol–water partition coefficient (Wildman–Crippen LogP) is 0.803. The number of aliphatic hydroxyl groups excluding tert-OH is 1. The minimum absolute atomic E-state index is 0.00223. The Morgan fingerprint density at radius 2 is 2.19 bits per heavy atom. The molecule has 2 N–H and O–H groups in total. The summed E-state index contributed by atoms with van der Waals surface area (Å²) >= 11 is 0. The fourth-order valence-corrected chi connectivity index (χ4v) is 2.26. The fraction of sp³-hybridized carbons (Fsp3) is 0.500. The van der Waals surface area contributed by atoms with Crippen molar-refractivity contribution in [1.29, 1.82) is 0 Å². The first kappa shape index (κ1) is 15.5. The van der Waals surface area contributed by atoms with Gasteiger partial charge in [-0.2, -0.15) is 0 Å². The summed E-state index contributed by atoms with van der Waals surface area (Å²) in [6, 6.07) is 1.66. The summed E-state index contributed by atoms with van der Waals surface area (Å²) in [7, 11) is 0. The Balaban J connectivity index is 2.15. The molecule has 21 heavy (non-hydrogen) atoms. The molecule has 0 radical (unpaired) electrons. The second kappa shape index (κ2) is 6.70. The van der Waals surface area contributed by atoms with E-state index in [0.29, 0.717) is 43.5 Å². The van der Waals surface area contributed by atoms with Crippen LogP contribution in [0.25, 0.3) is 0 Å². The van der Waals surface area contributed by atoms with Gasteiger partial charge in [0.25, 0.3) is 5.91 Å². The molecule has 5 nitrogen and oxygen atoms in total. The van der Waals surface area contributed by atoms with E-state index in [1.165, 1.54) is 0 Å². The van der Waals surface area contributed by atoms with E-state index < -0.39 is 5.60 Å². The van der Waals surface area contributed by atoms with Gasteiger partial charge in [-0.05, 0) is 25.8 Å². The second-order valence-corrected chi connectivity index (χ2v) is 5.49. The number of nitrogens with zero attached hydrogens (tertiary/aromatic N) is 2. The molecular formula is C16H20N2O3. The van der Waals surface area contributed by atoms with Crippen LogP contribution in [-0.2, 0) is 0 Å². The maximum absolute atomic E-state index is 12.6. The number of carbonyl (C=O) groups is 1. The van der Waals surface area contributed by atoms with Crippen molar-refractivity contribution in [1.82, 2.24) is 9.88 Å². The van der Waals surface area contributed by atoms with Gasteiger partial charge in [-0.15, -0.1) is 0 Å². The Morgan fingerprint density at radius 3 is 2.86 bits per heavy atom. The highest BCUT2D eigenvalue weighted by atomic mass is 16.3. The molecule has 1 amide bonds. The number of carbonyl (C=O) groups excluding carboxylic acids is 1. The first-order chi connectivity index (χ1) is 10.0.